The number of likely N-dealkylation sites (tertiary alicyclic amines) is 1. The second kappa shape index (κ2) is 8.41. The van der Waals surface area contributed by atoms with Crippen LogP contribution in [0.2, 0.25) is 0 Å². The van der Waals surface area contributed by atoms with Gasteiger partial charge in [0.1, 0.15) is 23.4 Å². The van der Waals surface area contributed by atoms with Crippen molar-refractivity contribution in [2.45, 2.75) is 44.6 Å². The third-order valence-electron chi connectivity index (χ3n) is 6.43. The van der Waals surface area contributed by atoms with Crippen LogP contribution in [-0.4, -0.2) is 44.5 Å². The first-order chi connectivity index (χ1) is 16.0. The molecule has 2 N–H and O–H groups in total. The molecule has 1 amide bonds. The first-order valence-corrected chi connectivity index (χ1v) is 11.3. The van der Waals surface area contributed by atoms with Crippen molar-refractivity contribution in [1.82, 2.24) is 19.4 Å². The van der Waals surface area contributed by atoms with E-state index in [4.69, 9.17) is 11.0 Å². The van der Waals surface area contributed by atoms with Gasteiger partial charge in [0.15, 0.2) is 0 Å². The molecule has 2 fully saturated rings. The number of amides is 1. The van der Waals surface area contributed by atoms with Gasteiger partial charge in [-0.3, -0.25) is 14.3 Å². The van der Waals surface area contributed by atoms with Crippen molar-refractivity contribution >= 4 is 5.91 Å². The minimum Gasteiger partial charge on any atom is -0.336 e. The molecule has 0 spiro atoms. The molecule has 0 unspecified atom stereocenters. The molecule has 168 valence electrons. The van der Waals surface area contributed by atoms with Crippen molar-refractivity contribution in [3.63, 3.8) is 0 Å². The Morgan fingerprint density at radius 3 is 2.70 bits per heavy atom. The van der Waals surface area contributed by atoms with E-state index in [1.54, 1.807) is 17.2 Å². The summed E-state index contributed by atoms with van der Waals surface area (Å²) >= 11 is 0. The third kappa shape index (κ3) is 4.00. The number of pyridine rings is 1. The summed E-state index contributed by atoms with van der Waals surface area (Å²) in [5.41, 5.74) is 9.30. The van der Waals surface area contributed by atoms with Crippen LogP contribution in [0.25, 0.3) is 17.1 Å². The van der Waals surface area contributed by atoms with Crippen LogP contribution in [0, 0.1) is 24.1 Å². The van der Waals surface area contributed by atoms with Crippen LogP contribution in [-0.2, 0) is 0 Å². The average molecular weight is 445 g/mol. The predicted octanol–water partition coefficient (Wildman–Crippen LogP) is 3.69. The Labute approximate surface area is 191 Å². The molecule has 0 bridgehead atoms. The van der Waals surface area contributed by atoms with E-state index >= 15 is 0 Å². The van der Waals surface area contributed by atoms with Crippen LogP contribution < -0.4 is 5.73 Å². The molecule has 1 aromatic carbocycles. The molecule has 0 radical (unpaired) electrons. The van der Waals surface area contributed by atoms with Gasteiger partial charge in [-0.15, -0.1) is 0 Å². The summed E-state index contributed by atoms with van der Waals surface area (Å²) in [4.78, 5) is 24.4. The van der Waals surface area contributed by atoms with E-state index in [1.165, 1.54) is 12.1 Å². The van der Waals surface area contributed by atoms with E-state index in [-0.39, 0.29) is 17.5 Å². The van der Waals surface area contributed by atoms with Crippen LogP contribution in [0.5, 0.6) is 0 Å². The van der Waals surface area contributed by atoms with E-state index in [0.717, 1.165) is 37.1 Å². The second-order valence-corrected chi connectivity index (χ2v) is 8.88. The SMILES string of the molecule is Cc1c(C(=O)N2CCC[C@@H](N)C2)nc(-c2ccc(C#N)c(F)c2)n1-c1ccc(C2CC2)nc1. The maximum atomic E-state index is 14.5. The number of piperidine rings is 1. The number of rotatable bonds is 4. The zero-order valence-corrected chi connectivity index (χ0v) is 18.5. The Morgan fingerprint density at radius 1 is 1.24 bits per heavy atom. The molecule has 1 aliphatic heterocycles. The molecule has 1 atom stereocenters. The number of nitrogens with zero attached hydrogens (tertiary/aromatic N) is 5. The minimum absolute atomic E-state index is 0.0392. The maximum absolute atomic E-state index is 14.5. The van der Waals surface area contributed by atoms with E-state index < -0.39 is 5.82 Å². The number of aromatic nitrogens is 3. The molecular weight excluding hydrogens is 419 g/mol. The molecule has 5 rings (SSSR count). The van der Waals surface area contributed by atoms with Gasteiger partial charge in [0.05, 0.1) is 23.1 Å². The number of hydrogen-bond donors (Lipinski definition) is 1. The Balaban J connectivity index is 1.61. The van der Waals surface area contributed by atoms with Crippen LogP contribution in [0.3, 0.4) is 0 Å². The van der Waals surface area contributed by atoms with E-state index in [0.29, 0.717) is 41.8 Å². The number of benzene rings is 1. The fraction of sp³-hybridized carbons (Fsp3) is 0.360. The van der Waals surface area contributed by atoms with E-state index in [1.807, 2.05) is 29.7 Å². The largest absolute Gasteiger partial charge is 0.336 e. The lowest BCUT2D eigenvalue weighted by atomic mass is 10.1. The zero-order chi connectivity index (χ0) is 23.1. The van der Waals surface area contributed by atoms with Crippen molar-refractivity contribution in [1.29, 1.82) is 5.26 Å². The Bertz CT molecular complexity index is 1260. The van der Waals surface area contributed by atoms with Gasteiger partial charge in [0.25, 0.3) is 5.91 Å². The minimum atomic E-state index is -0.626. The van der Waals surface area contributed by atoms with Crippen molar-refractivity contribution < 1.29 is 9.18 Å². The highest BCUT2D eigenvalue weighted by molar-refractivity contribution is 5.94. The summed E-state index contributed by atoms with van der Waals surface area (Å²) in [7, 11) is 0. The first-order valence-electron chi connectivity index (χ1n) is 11.3. The van der Waals surface area contributed by atoms with Gasteiger partial charge in [-0.05, 0) is 62.9 Å². The summed E-state index contributed by atoms with van der Waals surface area (Å²) in [5.74, 6) is 0.149. The highest BCUT2D eigenvalue weighted by Crippen LogP contribution is 2.39. The van der Waals surface area contributed by atoms with Crippen LogP contribution in [0.1, 0.15) is 59.0 Å². The van der Waals surface area contributed by atoms with Crippen LogP contribution in [0.4, 0.5) is 4.39 Å². The second-order valence-electron chi connectivity index (χ2n) is 8.88. The molecule has 1 saturated heterocycles. The van der Waals surface area contributed by atoms with Gasteiger partial charge in [-0.1, -0.05) is 0 Å². The van der Waals surface area contributed by atoms with Gasteiger partial charge < -0.3 is 10.6 Å². The third-order valence-corrected chi connectivity index (χ3v) is 6.43. The van der Waals surface area contributed by atoms with Crippen LogP contribution >= 0.6 is 0 Å². The Kier molecular flexibility index (Phi) is 5.43. The summed E-state index contributed by atoms with van der Waals surface area (Å²) in [6.45, 7) is 2.96. The lowest BCUT2D eigenvalue weighted by Gasteiger charge is -2.30. The van der Waals surface area contributed by atoms with Gasteiger partial charge in [0, 0.05) is 36.3 Å². The molecule has 33 heavy (non-hydrogen) atoms. The summed E-state index contributed by atoms with van der Waals surface area (Å²) in [6, 6.07) is 10.1. The highest BCUT2D eigenvalue weighted by Gasteiger charge is 2.29. The fourth-order valence-electron chi connectivity index (χ4n) is 4.45. The first kappa shape index (κ1) is 21.3. The zero-order valence-electron chi connectivity index (χ0n) is 18.5. The van der Waals surface area contributed by atoms with Crippen molar-refractivity contribution in [2.24, 2.45) is 5.73 Å². The predicted molar refractivity (Wildman–Crippen MR) is 121 cm³/mol. The molecule has 3 aromatic rings. The number of nitrogens with two attached hydrogens (primary N) is 1. The lowest BCUT2D eigenvalue weighted by molar-refractivity contribution is 0.0702. The fourth-order valence-corrected chi connectivity index (χ4v) is 4.45. The van der Waals surface area contributed by atoms with Gasteiger partial charge in [-0.25, -0.2) is 9.37 Å². The summed E-state index contributed by atoms with van der Waals surface area (Å²) < 4.78 is 16.3. The summed E-state index contributed by atoms with van der Waals surface area (Å²) in [5, 5.41) is 9.10. The number of carbonyl (C=O) groups excluding carboxylic acids is 1. The lowest BCUT2D eigenvalue weighted by Crippen LogP contribution is -2.46. The Hall–Kier alpha value is -3.57. The van der Waals surface area contributed by atoms with Gasteiger partial charge in [-0.2, -0.15) is 5.26 Å². The molecule has 1 aliphatic carbocycles. The Morgan fingerprint density at radius 2 is 2.06 bits per heavy atom. The van der Waals surface area contributed by atoms with Crippen molar-refractivity contribution in [3.05, 3.63) is 65.0 Å². The molecule has 3 heterocycles. The highest BCUT2D eigenvalue weighted by atomic mass is 19.1. The van der Waals surface area contributed by atoms with Crippen molar-refractivity contribution in [2.75, 3.05) is 13.1 Å². The van der Waals surface area contributed by atoms with E-state index in [2.05, 4.69) is 9.97 Å². The number of carbonyl (C=O) groups is 1. The topological polar surface area (TPSA) is 101 Å². The summed E-state index contributed by atoms with van der Waals surface area (Å²) in [6.07, 6.45) is 5.83. The molecule has 7 nitrogen and oxygen atoms in total. The normalized spacial score (nSPS) is 18.2. The van der Waals surface area contributed by atoms with Crippen LogP contribution in [0.15, 0.2) is 36.5 Å². The average Bonchev–Trinajstić information content (AvgIpc) is 3.61. The molecule has 2 aliphatic rings. The smallest absolute Gasteiger partial charge is 0.274 e. The monoisotopic (exact) mass is 444 g/mol. The number of hydrogen-bond acceptors (Lipinski definition) is 5. The number of nitriles is 1. The standard InChI is InChI=1S/C25H25FN6O/c1-15-23(25(33)31-10-2-3-19(28)14-31)30-24(17-6-7-18(12-27)21(26)11-17)32(15)20-8-9-22(29-13-20)16-4-5-16/h6-9,11,13,16,19H,2-5,10,14,28H2,1H3/t19-/m1/s1. The molecule has 8 heteroatoms. The molecule has 1 saturated carbocycles. The van der Waals surface area contributed by atoms with Crippen molar-refractivity contribution in [3.8, 4) is 23.1 Å². The van der Waals surface area contributed by atoms with Gasteiger partial charge >= 0.3 is 0 Å². The van der Waals surface area contributed by atoms with E-state index in [9.17, 15) is 9.18 Å². The maximum Gasteiger partial charge on any atom is 0.274 e. The number of halogens is 1. The van der Waals surface area contributed by atoms with Gasteiger partial charge in [0.2, 0.25) is 0 Å². The molecular formula is C25H25FN6O. The number of imidazole rings is 1. The quantitative estimate of drug-likeness (QED) is 0.661. The molecule has 2 aromatic heterocycles.